The number of aromatic nitrogens is 1. The zero-order chi connectivity index (χ0) is 33.1. The Hall–Kier alpha value is -4.56. The molecule has 1 aliphatic carbocycles. The minimum atomic E-state index is -0.641. The van der Waals surface area contributed by atoms with Gasteiger partial charge in [0.05, 0.1) is 6.54 Å². The van der Waals surface area contributed by atoms with Gasteiger partial charge in [0.25, 0.3) is 5.91 Å². The van der Waals surface area contributed by atoms with Crippen molar-refractivity contribution in [2.45, 2.75) is 71.2 Å². The summed E-state index contributed by atoms with van der Waals surface area (Å²) in [4.78, 5) is 31.8. The van der Waals surface area contributed by atoms with Crippen LogP contribution in [0.4, 0.5) is 4.79 Å². The summed E-state index contributed by atoms with van der Waals surface area (Å²) in [5, 5.41) is 11.3. The lowest BCUT2D eigenvalue weighted by Gasteiger charge is -2.34. The lowest BCUT2D eigenvalue weighted by molar-refractivity contribution is -0.128. The minimum absolute atomic E-state index is 0.0327. The molecule has 0 saturated heterocycles. The number of rotatable bonds is 10. The topological polar surface area (TPSA) is 84.2 Å². The predicted molar refractivity (Wildman–Crippen MR) is 185 cm³/mol. The van der Waals surface area contributed by atoms with Crippen LogP contribution in [0.5, 0.6) is 5.75 Å². The highest BCUT2D eigenvalue weighted by atomic mass is 16.6. The molecule has 1 aliphatic heterocycles. The van der Waals surface area contributed by atoms with E-state index in [1.165, 1.54) is 0 Å². The molecular formula is C39H45N3O5. The average molecular weight is 636 g/mol. The van der Waals surface area contributed by atoms with Crippen LogP contribution in [0.25, 0.3) is 27.6 Å². The molecule has 0 radical (unpaired) electrons. The lowest BCUT2D eigenvalue weighted by atomic mass is 9.90. The molecular weight excluding hydrogens is 590 g/mol. The second-order valence-corrected chi connectivity index (χ2v) is 13.6. The fourth-order valence-electron chi connectivity index (χ4n) is 6.46. The van der Waals surface area contributed by atoms with E-state index in [4.69, 9.17) is 9.47 Å². The number of carbonyl (C=O) groups excluding carboxylic acids is 2. The molecule has 1 N–H and O–H groups in total. The molecule has 2 aliphatic rings. The number of hydrogen-bond acceptors (Lipinski definition) is 5. The molecule has 0 unspecified atom stereocenters. The van der Waals surface area contributed by atoms with Gasteiger partial charge >= 0.3 is 6.09 Å². The van der Waals surface area contributed by atoms with Crippen LogP contribution >= 0.6 is 0 Å². The molecule has 2 amide bonds. The van der Waals surface area contributed by atoms with Gasteiger partial charge < -0.3 is 28.9 Å². The normalized spacial score (nSPS) is 15.3. The van der Waals surface area contributed by atoms with Gasteiger partial charge in [0.2, 0.25) is 0 Å². The highest BCUT2D eigenvalue weighted by Gasteiger charge is 2.38. The van der Waals surface area contributed by atoms with Crippen molar-refractivity contribution in [1.82, 2.24) is 14.4 Å². The second-order valence-electron chi connectivity index (χ2n) is 13.6. The highest BCUT2D eigenvalue weighted by molar-refractivity contribution is 6.03. The van der Waals surface area contributed by atoms with Crippen LogP contribution in [0.1, 0.15) is 57.6 Å². The first-order valence-electron chi connectivity index (χ1n) is 16.6. The molecule has 1 saturated carbocycles. The molecule has 8 heteroatoms. The van der Waals surface area contributed by atoms with Gasteiger partial charge in [-0.1, -0.05) is 48.5 Å². The number of benzene rings is 3. The lowest BCUT2D eigenvalue weighted by Crippen LogP contribution is -2.44. The number of nitrogens with zero attached hydrogens (tertiary/aromatic N) is 3. The van der Waals surface area contributed by atoms with Gasteiger partial charge in [-0.15, -0.1) is 0 Å². The molecule has 3 aromatic carbocycles. The third kappa shape index (κ3) is 7.54. The monoisotopic (exact) mass is 635 g/mol. The molecule has 2 heterocycles. The Balaban J connectivity index is 1.37. The van der Waals surface area contributed by atoms with Crippen molar-refractivity contribution in [3.8, 4) is 16.9 Å². The summed E-state index contributed by atoms with van der Waals surface area (Å²) in [7, 11) is 1.72. The largest absolute Gasteiger partial charge is 0.508 e. The number of methoxy groups -OCH3 is 1. The van der Waals surface area contributed by atoms with E-state index < -0.39 is 11.7 Å². The van der Waals surface area contributed by atoms with E-state index in [1.54, 1.807) is 24.1 Å². The fourth-order valence-corrected chi connectivity index (χ4v) is 6.46. The fraction of sp³-hybridized carbons (Fsp3) is 0.385. The molecule has 47 heavy (non-hydrogen) atoms. The summed E-state index contributed by atoms with van der Waals surface area (Å²) < 4.78 is 13.3. The minimum Gasteiger partial charge on any atom is -0.508 e. The number of para-hydroxylation sites is 1. The molecule has 0 atom stereocenters. The third-order valence-corrected chi connectivity index (χ3v) is 8.85. The number of ether oxygens (including phenoxy) is 2. The average Bonchev–Trinajstić information content (AvgIpc) is 3.84. The Labute approximate surface area is 277 Å². The van der Waals surface area contributed by atoms with Gasteiger partial charge in [-0.2, -0.15) is 0 Å². The van der Waals surface area contributed by atoms with Crippen LogP contribution in [0.15, 0.2) is 84.6 Å². The maximum absolute atomic E-state index is 14.8. The highest BCUT2D eigenvalue weighted by Crippen LogP contribution is 2.37. The number of aryl methyl sites for hydroxylation is 1. The smallest absolute Gasteiger partial charge is 0.410 e. The molecule has 4 aromatic rings. The quantitative estimate of drug-likeness (QED) is 0.181. The van der Waals surface area contributed by atoms with E-state index in [1.807, 2.05) is 56.0 Å². The Kier molecular flexibility index (Phi) is 9.41. The molecule has 8 nitrogen and oxygen atoms in total. The van der Waals surface area contributed by atoms with Crippen LogP contribution in [0.2, 0.25) is 0 Å². The maximum atomic E-state index is 14.8. The molecule has 1 aromatic heterocycles. The van der Waals surface area contributed by atoms with Gasteiger partial charge in [-0.3, -0.25) is 4.79 Å². The van der Waals surface area contributed by atoms with Gasteiger partial charge in [-0.25, -0.2) is 4.79 Å². The van der Waals surface area contributed by atoms with E-state index in [9.17, 15) is 14.7 Å². The summed E-state index contributed by atoms with van der Waals surface area (Å²) in [6, 6.07) is 23.8. The predicted octanol–water partition coefficient (Wildman–Crippen LogP) is 7.64. The van der Waals surface area contributed by atoms with Crippen molar-refractivity contribution < 1.29 is 24.2 Å². The van der Waals surface area contributed by atoms with E-state index in [-0.39, 0.29) is 24.2 Å². The third-order valence-electron chi connectivity index (χ3n) is 8.85. The summed E-state index contributed by atoms with van der Waals surface area (Å²) in [5.74, 6) is 0.170. The van der Waals surface area contributed by atoms with Gasteiger partial charge in [0.15, 0.2) is 0 Å². The van der Waals surface area contributed by atoms with Crippen molar-refractivity contribution in [3.63, 3.8) is 0 Å². The Morgan fingerprint density at radius 2 is 1.68 bits per heavy atom. The number of fused-ring (bicyclic) bond motifs is 1. The van der Waals surface area contributed by atoms with Crippen LogP contribution in [0.3, 0.4) is 0 Å². The Morgan fingerprint density at radius 3 is 2.40 bits per heavy atom. The van der Waals surface area contributed by atoms with Crippen LogP contribution in [-0.2, 0) is 27.4 Å². The van der Waals surface area contributed by atoms with Crippen LogP contribution in [0, 0.1) is 0 Å². The van der Waals surface area contributed by atoms with E-state index >= 15 is 0 Å². The number of carbonyl (C=O) groups is 2. The van der Waals surface area contributed by atoms with Gasteiger partial charge in [0.1, 0.15) is 11.4 Å². The van der Waals surface area contributed by atoms with Crippen LogP contribution in [-0.4, -0.2) is 69.9 Å². The number of aromatic hydroxyl groups is 1. The van der Waals surface area contributed by atoms with Crippen molar-refractivity contribution in [2.75, 3.05) is 26.8 Å². The SMILES string of the molecule is COCCCn1cc(CN(C(=O)C2=C(c3cccc(-c4cccc(O)c4)c3)CCN(C(=O)OC(C)(C)C)C2)C2CC2)c2ccccc21. The summed E-state index contributed by atoms with van der Waals surface area (Å²) in [6.45, 7) is 8.22. The van der Waals surface area contributed by atoms with E-state index in [2.05, 4.69) is 41.1 Å². The van der Waals surface area contributed by atoms with Gasteiger partial charge in [-0.05, 0) is 98.5 Å². The number of amides is 2. The number of phenols is 1. The first-order valence-corrected chi connectivity index (χ1v) is 16.6. The maximum Gasteiger partial charge on any atom is 0.410 e. The van der Waals surface area contributed by atoms with Crippen molar-refractivity contribution >= 4 is 28.5 Å². The molecule has 6 rings (SSSR count). The van der Waals surface area contributed by atoms with Gasteiger partial charge in [0, 0.05) is 62.1 Å². The summed E-state index contributed by atoms with van der Waals surface area (Å²) in [6.07, 6.45) is 5.13. The standard InChI is InChI=1S/C39H45N3O5/c1-39(2,3)47-38(45)41-20-18-33(29-12-7-10-27(22-29)28-11-8-13-32(43)23-28)35(26-41)37(44)42(31-16-17-31)25-30-24-40(19-9-21-46-4)36-15-6-5-14-34(30)36/h5-8,10-15,22-24,31,43H,9,16-21,25-26H2,1-4H3. The molecule has 1 fully saturated rings. The van der Waals surface area contributed by atoms with E-state index in [0.29, 0.717) is 31.7 Å². The van der Waals surface area contributed by atoms with Crippen molar-refractivity contribution in [2.24, 2.45) is 0 Å². The molecule has 246 valence electrons. The Morgan fingerprint density at radius 1 is 0.957 bits per heavy atom. The van der Waals surface area contributed by atoms with E-state index in [0.717, 1.165) is 64.5 Å². The summed E-state index contributed by atoms with van der Waals surface area (Å²) in [5.41, 5.74) is 6.00. The molecule has 0 bridgehead atoms. The zero-order valence-electron chi connectivity index (χ0n) is 27.9. The van der Waals surface area contributed by atoms with Crippen molar-refractivity contribution in [3.05, 3.63) is 95.7 Å². The second kappa shape index (κ2) is 13.7. The Bertz CT molecular complexity index is 1800. The number of phenolic OH excluding ortho intramolecular Hbond substituents is 1. The summed E-state index contributed by atoms with van der Waals surface area (Å²) >= 11 is 0. The molecule has 0 spiro atoms. The zero-order valence-corrected chi connectivity index (χ0v) is 27.9. The van der Waals surface area contributed by atoms with Crippen molar-refractivity contribution in [1.29, 1.82) is 0 Å². The first kappa shape index (κ1) is 32.4. The van der Waals surface area contributed by atoms with Crippen LogP contribution < -0.4 is 0 Å². The first-order chi connectivity index (χ1) is 22.6. The number of hydrogen-bond donors (Lipinski definition) is 1.